The molecule has 1 heterocycles. The summed E-state index contributed by atoms with van der Waals surface area (Å²) >= 11 is 0. The second-order valence-corrected chi connectivity index (χ2v) is 7.23. The number of nitrogens with zero attached hydrogens (tertiary/aromatic N) is 3. The Morgan fingerprint density at radius 1 is 0.850 bits per heavy atom. The van der Waals surface area contributed by atoms with E-state index in [1.807, 2.05) is 6.07 Å². The monoisotopic (exact) mass is 269 g/mol. The van der Waals surface area contributed by atoms with E-state index >= 15 is 0 Å². The van der Waals surface area contributed by atoms with Crippen molar-refractivity contribution in [2.75, 3.05) is 0 Å². The predicted molar refractivity (Wildman–Crippen MR) is 82.7 cm³/mol. The van der Waals surface area contributed by atoms with Crippen LogP contribution in [0, 0.1) is 0 Å². The van der Waals surface area contributed by atoms with Gasteiger partial charge in [-0.3, -0.25) is 0 Å². The molecule has 0 N–H and O–H groups in total. The largest absolute Gasteiger partial charge is 0.139 e. The van der Waals surface area contributed by atoms with Crippen LogP contribution in [0.3, 0.4) is 0 Å². The number of aromatic nitrogens is 3. The van der Waals surface area contributed by atoms with Crippen molar-refractivity contribution in [1.29, 1.82) is 0 Å². The van der Waals surface area contributed by atoms with Crippen molar-refractivity contribution in [2.45, 2.75) is 52.4 Å². The molecule has 3 heteroatoms. The maximum atomic E-state index is 4.19. The van der Waals surface area contributed by atoms with Crippen molar-refractivity contribution in [2.24, 2.45) is 0 Å². The summed E-state index contributed by atoms with van der Waals surface area (Å²) < 4.78 is 0. The van der Waals surface area contributed by atoms with E-state index in [1.54, 1.807) is 6.20 Å². The van der Waals surface area contributed by atoms with E-state index in [0.29, 0.717) is 0 Å². The van der Waals surface area contributed by atoms with Gasteiger partial charge in [-0.15, -0.1) is 10.2 Å². The molecule has 0 saturated heterocycles. The molecule has 0 aliphatic rings. The summed E-state index contributed by atoms with van der Waals surface area (Å²) in [5.74, 6) is 0. The van der Waals surface area contributed by atoms with Crippen molar-refractivity contribution in [3.8, 4) is 11.3 Å². The molecule has 0 amide bonds. The van der Waals surface area contributed by atoms with Crippen molar-refractivity contribution in [3.63, 3.8) is 0 Å². The van der Waals surface area contributed by atoms with E-state index in [2.05, 4.69) is 75.2 Å². The van der Waals surface area contributed by atoms with Crippen LogP contribution >= 0.6 is 0 Å². The summed E-state index contributed by atoms with van der Waals surface area (Å²) in [4.78, 5) is 0. The van der Waals surface area contributed by atoms with E-state index in [4.69, 9.17) is 0 Å². The first-order valence-corrected chi connectivity index (χ1v) is 7.00. The van der Waals surface area contributed by atoms with Gasteiger partial charge in [-0.05, 0) is 33.2 Å². The first-order chi connectivity index (χ1) is 9.21. The molecule has 0 aliphatic carbocycles. The lowest BCUT2D eigenvalue weighted by Crippen LogP contribution is -2.23. The maximum Gasteiger partial charge on any atom is 0.0966 e. The zero-order valence-corrected chi connectivity index (χ0v) is 13.2. The van der Waals surface area contributed by atoms with Gasteiger partial charge < -0.3 is 0 Å². The predicted octanol–water partition coefficient (Wildman–Crippen LogP) is 4.13. The summed E-state index contributed by atoms with van der Waals surface area (Å²) in [6.45, 7) is 13.5. The molecule has 106 valence electrons. The van der Waals surface area contributed by atoms with E-state index in [-0.39, 0.29) is 10.8 Å². The molecule has 2 rings (SSSR count). The van der Waals surface area contributed by atoms with Crippen LogP contribution in [0.25, 0.3) is 11.3 Å². The second kappa shape index (κ2) is 4.97. The second-order valence-electron chi connectivity index (χ2n) is 7.23. The topological polar surface area (TPSA) is 38.7 Å². The lowest BCUT2D eigenvalue weighted by molar-refractivity contribution is 0.531. The molecule has 0 atom stereocenters. The van der Waals surface area contributed by atoms with E-state index < -0.39 is 0 Å². The third-order valence-corrected chi connectivity index (χ3v) is 3.40. The highest BCUT2D eigenvalue weighted by Gasteiger charge is 2.28. The molecule has 0 radical (unpaired) electrons. The Labute approximate surface area is 121 Å². The van der Waals surface area contributed by atoms with Crippen LogP contribution in [0.1, 0.15) is 52.7 Å². The maximum absolute atomic E-state index is 4.19. The van der Waals surface area contributed by atoms with Gasteiger partial charge in [0, 0.05) is 5.56 Å². The van der Waals surface area contributed by atoms with Gasteiger partial charge in [0.2, 0.25) is 0 Å². The van der Waals surface area contributed by atoms with E-state index in [0.717, 1.165) is 11.3 Å². The van der Waals surface area contributed by atoms with Crippen LogP contribution in [0.4, 0.5) is 0 Å². The number of rotatable bonds is 1. The molecule has 0 unspecified atom stereocenters. The molecule has 3 nitrogen and oxygen atoms in total. The summed E-state index contributed by atoms with van der Waals surface area (Å²) in [7, 11) is 0. The standard InChI is InChI=1S/C17H23N3/c1-16(2,3)13-9-7-8-12(15(13)17(4,5)6)14-10-11-18-20-19-14/h7-11H,1-6H3. The van der Waals surface area contributed by atoms with Gasteiger partial charge in [0.25, 0.3) is 0 Å². The van der Waals surface area contributed by atoms with Crippen LogP contribution < -0.4 is 0 Å². The minimum absolute atomic E-state index is 0.0458. The first kappa shape index (κ1) is 14.6. The van der Waals surface area contributed by atoms with Gasteiger partial charge in [0.1, 0.15) is 0 Å². The number of hydrogen-bond acceptors (Lipinski definition) is 3. The fraction of sp³-hybridized carbons (Fsp3) is 0.471. The average molecular weight is 269 g/mol. The van der Waals surface area contributed by atoms with E-state index in [1.165, 1.54) is 11.1 Å². The van der Waals surface area contributed by atoms with Crippen molar-refractivity contribution in [1.82, 2.24) is 15.4 Å². The molecule has 0 aliphatic heterocycles. The molecule has 20 heavy (non-hydrogen) atoms. The summed E-state index contributed by atoms with van der Waals surface area (Å²) in [5, 5.41) is 11.7. The average Bonchev–Trinajstić information content (AvgIpc) is 2.37. The minimum atomic E-state index is 0.0458. The molecule has 0 fully saturated rings. The van der Waals surface area contributed by atoms with Gasteiger partial charge in [-0.25, -0.2) is 0 Å². The van der Waals surface area contributed by atoms with Gasteiger partial charge >= 0.3 is 0 Å². The molecular weight excluding hydrogens is 246 g/mol. The highest BCUT2D eigenvalue weighted by molar-refractivity contribution is 5.67. The SMILES string of the molecule is CC(C)(C)c1cccc(-c2ccnnn2)c1C(C)(C)C. The Morgan fingerprint density at radius 3 is 2.05 bits per heavy atom. The molecule has 0 bridgehead atoms. The van der Waals surface area contributed by atoms with Gasteiger partial charge in [0.05, 0.1) is 11.9 Å². The first-order valence-electron chi connectivity index (χ1n) is 7.00. The normalized spacial score (nSPS) is 12.5. The van der Waals surface area contributed by atoms with Crippen LogP contribution in [0.15, 0.2) is 30.5 Å². The zero-order chi connectivity index (χ0) is 15.0. The Hall–Kier alpha value is -1.77. The van der Waals surface area contributed by atoms with Crippen LogP contribution in [0.5, 0.6) is 0 Å². The van der Waals surface area contributed by atoms with Crippen LogP contribution in [-0.2, 0) is 10.8 Å². The quantitative estimate of drug-likeness (QED) is 0.781. The number of hydrogen-bond donors (Lipinski definition) is 0. The fourth-order valence-electron chi connectivity index (χ4n) is 2.58. The minimum Gasteiger partial charge on any atom is -0.139 e. The van der Waals surface area contributed by atoms with Crippen molar-refractivity contribution >= 4 is 0 Å². The molecule has 0 spiro atoms. The number of benzene rings is 1. The highest BCUT2D eigenvalue weighted by atomic mass is 15.3. The fourth-order valence-corrected chi connectivity index (χ4v) is 2.58. The lowest BCUT2D eigenvalue weighted by atomic mass is 9.73. The third-order valence-electron chi connectivity index (χ3n) is 3.40. The molecular formula is C17H23N3. The third kappa shape index (κ3) is 2.87. The summed E-state index contributed by atoms with van der Waals surface area (Å²) in [5.41, 5.74) is 4.88. The Bertz CT molecular complexity index is 590. The van der Waals surface area contributed by atoms with Gasteiger partial charge in [-0.1, -0.05) is 59.7 Å². The highest BCUT2D eigenvalue weighted by Crippen LogP contribution is 2.39. The molecule has 0 saturated carbocycles. The molecule has 2 aromatic rings. The lowest BCUT2D eigenvalue weighted by Gasteiger charge is -2.32. The van der Waals surface area contributed by atoms with Crippen LogP contribution in [0.2, 0.25) is 0 Å². The van der Waals surface area contributed by atoms with Gasteiger partial charge in [0.15, 0.2) is 0 Å². The summed E-state index contributed by atoms with van der Waals surface area (Å²) in [6, 6.07) is 8.37. The van der Waals surface area contributed by atoms with Crippen LogP contribution in [-0.4, -0.2) is 15.4 Å². The molecule has 1 aromatic heterocycles. The smallest absolute Gasteiger partial charge is 0.0966 e. The van der Waals surface area contributed by atoms with Crippen molar-refractivity contribution < 1.29 is 0 Å². The van der Waals surface area contributed by atoms with E-state index in [9.17, 15) is 0 Å². The molecule has 1 aromatic carbocycles. The summed E-state index contributed by atoms with van der Waals surface area (Å²) in [6.07, 6.45) is 1.69. The van der Waals surface area contributed by atoms with Crippen molar-refractivity contribution in [3.05, 3.63) is 41.6 Å². The zero-order valence-electron chi connectivity index (χ0n) is 13.2. The van der Waals surface area contributed by atoms with Gasteiger partial charge in [-0.2, -0.15) is 0 Å². The Balaban J connectivity index is 2.77. The Morgan fingerprint density at radius 2 is 1.55 bits per heavy atom. The Kier molecular flexibility index (Phi) is 3.63.